The van der Waals surface area contributed by atoms with E-state index >= 15 is 0 Å². The molecule has 2 aromatic rings. The van der Waals surface area contributed by atoms with E-state index < -0.39 is 0 Å². The predicted octanol–water partition coefficient (Wildman–Crippen LogP) is 5.09. The summed E-state index contributed by atoms with van der Waals surface area (Å²) in [6.07, 6.45) is 4.18. The third-order valence-electron chi connectivity index (χ3n) is 4.76. The Kier molecular flexibility index (Phi) is 7.15. The monoisotopic (exact) mass is 442 g/mol. The standard InChI is InChI=1S/C23H26N2O3S2/c1-23(2,3)25(16-17-9-5-4-6-10-17)20(26)12-7-13-24-21(27)19(30-22(24)29)15-18-11-8-14-28-18/h4-6,8-11,14-15H,7,12-13,16H2,1-3H3. The molecule has 7 heteroatoms. The fourth-order valence-electron chi connectivity index (χ4n) is 3.18. The number of benzene rings is 1. The van der Waals surface area contributed by atoms with Crippen LogP contribution in [0.2, 0.25) is 0 Å². The first kappa shape index (κ1) is 22.3. The zero-order valence-electron chi connectivity index (χ0n) is 17.5. The zero-order chi connectivity index (χ0) is 21.7. The van der Waals surface area contributed by atoms with Crippen LogP contribution in [-0.4, -0.2) is 38.0 Å². The molecule has 0 bridgehead atoms. The lowest BCUT2D eigenvalue weighted by Gasteiger charge is -2.36. The molecule has 1 fully saturated rings. The van der Waals surface area contributed by atoms with Crippen LogP contribution in [-0.2, 0) is 16.1 Å². The normalized spacial score (nSPS) is 15.8. The maximum atomic E-state index is 13.0. The number of furan rings is 1. The summed E-state index contributed by atoms with van der Waals surface area (Å²) in [5, 5.41) is 0. The molecule has 1 aromatic carbocycles. The average molecular weight is 443 g/mol. The number of thiocarbonyl (C=S) groups is 1. The van der Waals surface area contributed by atoms with Crippen molar-refractivity contribution in [2.75, 3.05) is 6.54 Å². The molecule has 30 heavy (non-hydrogen) atoms. The zero-order valence-corrected chi connectivity index (χ0v) is 19.1. The van der Waals surface area contributed by atoms with E-state index in [4.69, 9.17) is 16.6 Å². The van der Waals surface area contributed by atoms with Crippen molar-refractivity contribution >= 4 is 46.2 Å². The van der Waals surface area contributed by atoms with Gasteiger partial charge in [0.2, 0.25) is 5.91 Å². The van der Waals surface area contributed by atoms with E-state index in [1.165, 1.54) is 11.8 Å². The van der Waals surface area contributed by atoms with Gasteiger partial charge in [-0.1, -0.05) is 54.3 Å². The van der Waals surface area contributed by atoms with Gasteiger partial charge in [-0.25, -0.2) is 0 Å². The minimum Gasteiger partial charge on any atom is -0.465 e. The van der Waals surface area contributed by atoms with Crippen molar-refractivity contribution in [2.45, 2.75) is 45.7 Å². The molecule has 2 heterocycles. The molecule has 0 atom stereocenters. The molecule has 0 aliphatic carbocycles. The molecule has 1 saturated heterocycles. The Hall–Kier alpha value is -2.38. The van der Waals surface area contributed by atoms with Crippen LogP contribution >= 0.6 is 24.0 Å². The summed E-state index contributed by atoms with van der Waals surface area (Å²) in [6.45, 7) is 7.10. The second kappa shape index (κ2) is 9.62. The first-order valence-corrected chi connectivity index (χ1v) is 11.1. The van der Waals surface area contributed by atoms with Crippen molar-refractivity contribution in [1.29, 1.82) is 0 Å². The van der Waals surface area contributed by atoms with E-state index in [2.05, 4.69) is 0 Å². The van der Waals surface area contributed by atoms with Gasteiger partial charge in [0, 0.05) is 31.1 Å². The highest BCUT2D eigenvalue weighted by Crippen LogP contribution is 2.32. The summed E-state index contributed by atoms with van der Waals surface area (Å²) in [4.78, 5) is 29.6. The maximum Gasteiger partial charge on any atom is 0.266 e. The molecule has 3 rings (SSSR count). The van der Waals surface area contributed by atoms with Crippen LogP contribution in [0.5, 0.6) is 0 Å². The lowest BCUT2D eigenvalue weighted by molar-refractivity contribution is -0.137. The second-order valence-electron chi connectivity index (χ2n) is 8.09. The summed E-state index contributed by atoms with van der Waals surface area (Å²) in [5.74, 6) is 0.557. The number of nitrogens with zero attached hydrogens (tertiary/aromatic N) is 2. The highest BCUT2D eigenvalue weighted by molar-refractivity contribution is 8.26. The molecule has 0 spiro atoms. The van der Waals surface area contributed by atoms with E-state index in [9.17, 15) is 9.59 Å². The maximum absolute atomic E-state index is 13.0. The largest absolute Gasteiger partial charge is 0.465 e. The molecule has 2 amide bonds. The van der Waals surface area contributed by atoms with Gasteiger partial charge in [-0.3, -0.25) is 14.5 Å². The summed E-state index contributed by atoms with van der Waals surface area (Å²) < 4.78 is 5.80. The predicted molar refractivity (Wildman–Crippen MR) is 125 cm³/mol. The number of carbonyl (C=O) groups excluding carboxylic acids is 2. The highest BCUT2D eigenvalue weighted by Gasteiger charge is 2.32. The third kappa shape index (κ3) is 5.61. The van der Waals surface area contributed by atoms with Crippen LogP contribution in [0.15, 0.2) is 58.1 Å². The van der Waals surface area contributed by atoms with Crippen molar-refractivity contribution in [3.63, 3.8) is 0 Å². The average Bonchev–Trinajstić information content (AvgIpc) is 3.29. The molecule has 0 unspecified atom stereocenters. The quantitative estimate of drug-likeness (QED) is 0.442. The summed E-state index contributed by atoms with van der Waals surface area (Å²) in [6, 6.07) is 13.5. The molecular formula is C23H26N2O3S2. The van der Waals surface area contributed by atoms with E-state index in [-0.39, 0.29) is 17.4 Å². The molecule has 158 valence electrons. The fraction of sp³-hybridized carbons (Fsp3) is 0.348. The smallest absolute Gasteiger partial charge is 0.266 e. The Morgan fingerprint density at radius 1 is 1.20 bits per heavy atom. The summed E-state index contributed by atoms with van der Waals surface area (Å²) in [5.41, 5.74) is 0.807. The van der Waals surface area contributed by atoms with Gasteiger partial charge in [0.15, 0.2) is 0 Å². The first-order valence-electron chi connectivity index (χ1n) is 9.89. The number of amides is 2. The van der Waals surface area contributed by atoms with Gasteiger partial charge < -0.3 is 9.32 Å². The van der Waals surface area contributed by atoms with Crippen molar-refractivity contribution in [1.82, 2.24) is 9.80 Å². The van der Waals surface area contributed by atoms with Crippen LogP contribution < -0.4 is 0 Å². The van der Waals surface area contributed by atoms with Gasteiger partial charge in [-0.05, 0) is 44.9 Å². The molecule has 5 nitrogen and oxygen atoms in total. The lowest BCUT2D eigenvalue weighted by Crippen LogP contribution is -2.45. The van der Waals surface area contributed by atoms with Crippen molar-refractivity contribution in [3.8, 4) is 0 Å². The summed E-state index contributed by atoms with van der Waals surface area (Å²) >= 11 is 6.63. The Morgan fingerprint density at radius 3 is 2.57 bits per heavy atom. The number of thioether (sulfide) groups is 1. The number of hydrogen-bond donors (Lipinski definition) is 0. The van der Waals surface area contributed by atoms with Crippen molar-refractivity contribution in [3.05, 3.63) is 65.0 Å². The van der Waals surface area contributed by atoms with Gasteiger partial charge in [-0.2, -0.15) is 0 Å². The minimum atomic E-state index is -0.291. The minimum absolute atomic E-state index is 0.0721. The van der Waals surface area contributed by atoms with Gasteiger partial charge >= 0.3 is 0 Å². The Bertz CT molecular complexity index is 931. The number of hydrogen-bond acceptors (Lipinski definition) is 5. The lowest BCUT2D eigenvalue weighted by atomic mass is 10.0. The van der Waals surface area contributed by atoms with Gasteiger partial charge in [-0.15, -0.1) is 0 Å². The van der Waals surface area contributed by atoms with Crippen LogP contribution in [0, 0.1) is 0 Å². The second-order valence-corrected chi connectivity index (χ2v) is 9.76. The molecule has 1 aliphatic heterocycles. The Morgan fingerprint density at radius 2 is 1.93 bits per heavy atom. The van der Waals surface area contributed by atoms with Crippen molar-refractivity contribution in [2.24, 2.45) is 0 Å². The van der Waals surface area contributed by atoms with E-state index in [1.54, 1.807) is 29.4 Å². The van der Waals surface area contributed by atoms with Crippen LogP contribution in [0.25, 0.3) is 6.08 Å². The summed E-state index contributed by atoms with van der Waals surface area (Å²) in [7, 11) is 0. The number of rotatable bonds is 7. The van der Waals surface area contributed by atoms with E-state index in [1.807, 2.05) is 56.0 Å². The number of carbonyl (C=O) groups is 2. The van der Waals surface area contributed by atoms with E-state index in [0.717, 1.165) is 5.56 Å². The van der Waals surface area contributed by atoms with Crippen LogP contribution in [0.3, 0.4) is 0 Å². The van der Waals surface area contributed by atoms with Crippen molar-refractivity contribution < 1.29 is 14.0 Å². The van der Waals surface area contributed by atoms with Crippen LogP contribution in [0.1, 0.15) is 44.9 Å². The first-order chi connectivity index (χ1) is 14.3. The molecular weight excluding hydrogens is 416 g/mol. The van der Waals surface area contributed by atoms with E-state index in [0.29, 0.717) is 40.9 Å². The van der Waals surface area contributed by atoms with Gasteiger partial charge in [0.25, 0.3) is 5.91 Å². The SMILES string of the molecule is CC(C)(C)N(Cc1ccccc1)C(=O)CCCN1C(=O)C(=Cc2ccco2)SC1=S. The van der Waals surface area contributed by atoms with Gasteiger partial charge in [0.1, 0.15) is 10.1 Å². The Balaban J connectivity index is 1.58. The molecule has 0 N–H and O–H groups in total. The fourth-order valence-corrected chi connectivity index (χ4v) is 4.47. The highest BCUT2D eigenvalue weighted by atomic mass is 32.2. The Labute approximate surface area is 187 Å². The van der Waals surface area contributed by atoms with Gasteiger partial charge in [0.05, 0.1) is 11.2 Å². The molecule has 0 saturated carbocycles. The molecule has 1 aromatic heterocycles. The topological polar surface area (TPSA) is 53.8 Å². The van der Waals surface area contributed by atoms with Crippen LogP contribution in [0.4, 0.5) is 0 Å². The molecule has 0 radical (unpaired) electrons. The molecule has 1 aliphatic rings. The third-order valence-corrected chi connectivity index (χ3v) is 6.13.